The SMILES string of the molecule is CCCCO.CCCCO.CCCCO.CCOC(=O)CC(C)=O.[Ti]. The first kappa shape index (κ1) is 35.8. The maximum Gasteiger partial charge on any atom is 0.313 e. The van der Waals surface area contributed by atoms with Gasteiger partial charge in [-0.25, -0.2) is 0 Å². The second-order valence-corrected chi connectivity index (χ2v) is 4.92. The van der Waals surface area contributed by atoms with Gasteiger partial charge in [0.15, 0.2) is 0 Å². The number of ketones is 1. The van der Waals surface area contributed by atoms with Gasteiger partial charge < -0.3 is 20.1 Å². The van der Waals surface area contributed by atoms with Crippen LogP contribution in [-0.2, 0) is 36.0 Å². The smallest absolute Gasteiger partial charge is 0.313 e. The summed E-state index contributed by atoms with van der Waals surface area (Å²) in [7, 11) is 0. The molecular weight excluding hydrogens is 360 g/mol. The molecule has 0 aromatic carbocycles. The zero-order valence-corrected chi connectivity index (χ0v) is 18.4. The van der Waals surface area contributed by atoms with Crippen LogP contribution >= 0.6 is 0 Å². The van der Waals surface area contributed by atoms with Crippen molar-refractivity contribution in [2.75, 3.05) is 26.4 Å². The molecule has 0 radical (unpaired) electrons. The van der Waals surface area contributed by atoms with Gasteiger partial charge in [0.05, 0.1) is 6.61 Å². The number of esters is 1. The van der Waals surface area contributed by atoms with Crippen LogP contribution in [-0.4, -0.2) is 53.5 Å². The third-order valence-corrected chi connectivity index (χ3v) is 2.23. The van der Waals surface area contributed by atoms with Gasteiger partial charge in [0.1, 0.15) is 12.2 Å². The van der Waals surface area contributed by atoms with E-state index in [1.54, 1.807) is 6.92 Å². The summed E-state index contributed by atoms with van der Waals surface area (Å²) >= 11 is 0. The van der Waals surface area contributed by atoms with Crippen molar-refractivity contribution in [3.8, 4) is 0 Å². The summed E-state index contributed by atoms with van der Waals surface area (Å²) in [6.45, 7) is 10.6. The fourth-order valence-corrected chi connectivity index (χ4v) is 0.890. The molecule has 152 valence electrons. The van der Waals surface area contributed by atoms with Crippen molar-refractivity contribution in [2.45, 2.75) is 79.6 Å². The molecule has 0 aliphatic rings. The van der Waals surface area contributed by atoms with E-state index >= 15 is 0 Å². The summed E-state index contributed by atoms with van der Waals surface area (Å²) in [4.78, 5) is 20.6. The van der Waals surface area contributed by atoms with E-state index in [0.717, 1.165) is 38.5 Å². The van der Waals surface area contributed by atoms with Gasteiger partial charge in [0, 0.05) is 41.5 Å². The fraction of sp³-hybridized carbons (Fsp3) is 0.889. The van der Waals surface area contributed by atoms with E-state index in [1.807, 2.05) is 0 Å². The number of hydrogen-bond donors (Lipinski definition) is 3. The molecule has 0 fully saturated rings. The normalized spacial score (nSPS) is 8.16. The van der Waals surface area contributed by atoms with E-state index in [2.05, 4.69) is 25.5 Å². The molecule has 6 nitrogen and oxygen atoms in total. The summed E-state index contributed by atoms with van der Waals surface area (Å²) in [6, 6.07) is 0. The average Bonchev–Trinajstić information content (AvgIpc) is 2.51. The summed E-state index contributed by atoms with van der Waals surface area (Å²) in [5.41, 5.74) is 0. The largest absolute Gasteiger partial charge is 0.466 e. The van der Waals surface area contributed by atoms with Crippen LogP contribution in [0.3, 0.4) is 0 Å². The van der Waals surface area contributed by atoms with E-state index in [9.17, 15) is 9.59 Å². The fourth-order valence-electron chi connectivity index (χ4n) is 0.890. The van der Waals surface area contributed by atoms with Gasteiger partial charge in [-0.3, -0.25) is 9.59 Å². The Bertz CT molecular complexity index is 217. The van der Waals surface area contributed by atoms with Crippen LogP contribution in [0.4, 0.5) is 0 Å². The van der Waals surface area contributed by atoms with Crippen LogP contribution in [0, 0.1) is 0 Å². The standard InChI is InChI=1S/C6H10O3.3C4H10O.Ti/c1-3-9-6(8)4-5(2)7;3*1-2-3-4-5;/h3-4H2,1-2H3;3*5H,2-4H2,1H3;. The second kappa shape index (κ2) is 39.0. The Morgan fingerprint density at radius 3 is 1.20 bits per heavy atom. The Morgan fingerprint density at radius 2 is 1.08 bits per heavy atom. The molecule has 0 bridgehead atoms. The molecule has 0 rings (SSSR count). The van der Waals surface area contributed by atoms with Gasteiger partial charge in [-0.1, -0.05) is 40.0 Å². The monoisotopic (exact) mass is 400 g/mol. The molecule has 0 aromatic heterocycles. The number of unbranched alkanes of at least 4 members (excludes halogenated alkanes) is 3. The number of hydrogen-bond acceptors (Lipinski definition) is 6. The third-order valence-electron chi connectivity index (χ3n) is 2.23. The summed E-state index contributed by atoms with van der Waals surface area (Å²) in [5.74, 6) is -0.599. The predicted octanol–water partition coefficient (Wildman–Crippen LogP) is 2.86. The average molecular weight is 400 g/mol. The first-order chi connectivity index (χ1) is 11.4. The molecule has 0 aliphatic heterocycles. The minimum Gasteiger partial charge on any atom is -0.466 e. The number of carbonyl (C=O) groups excluding carboxylic acids is 2. The van der Waals surface area contributed by atoms with Crippen LogP contribution in [0.15, 0.2) is 0 Å². The molecule has 7 heteroatoms. The van der Waals surface area contributed by atoms with Crippen molar-refractivity contribution in [1.82, 2.24) is 0 Å². The topological polar surface area (TPSA) is 104 Å². The van der Waals surface area contributed by atoms with Crippen LogP contribution in [0.5, 0.6) is 0 Å². The Kier molecular flexibility index (Phi) is 55.8. The molecule has 0 aromatic rings. The summed E-state index contributed by atoms with van der Waals surface area (Å²) in [5, 5.41) is 24.2. The van der Waals surface area contributed by atoms with Crippen molar-refractivity contribution >= 4 is 11.8 Å². The maximum absolute atomic E-state index is 10.4. The van der Waals surface area contributed by atoms with Gasteiger partial charge in [0.2, 0.25) is 0 Å². The Morgan fingerprint density at radius 1 is 0.760 bits per heavy atom. The van der Waals surface area contributed by atoms with Crippen LogP contribution in [0.2, 0.25) is 0 Å². The van der Waals surface area contributed by atoms with Gasteiger partial charge >= 0.3 is 5.97 Å². The Labute approximate surface area is 169 Å². The van der Waals surface area contributed by atoms with Crippen LogP contribution in [0.25, 0.3) is 0 Å². The molecule has 0 atom stereocenters. The zero-order valence-electron chi connectivity index (χ0n) is 16.8. The quantitative estimate of drug-likeness (QED) is 0.312. The Balaban J connectivity index is -0.0000000733. The third kappa shape index (κ3) is 69.1. The molecule has 0 saturated carbocycles. The van der Waals surface area contributed by atoms with E-state index in [4.69, 9.17) is 15.3 Å². The number of carbonyl (C=O) groups is 2. The molecular formula is C18H40O6Ti. The van der Waals surface area contributed by atoms with Gasteiger partial charge in [-0.15, -0.1) is 0 Å². The molecule has 3 N–H and O–H groups in total. The first-order valence-corrected chi connectivity index (χ1v) is 8.89. The number of ether oxygens (including phenoxy) is 1. The van der Waals surface area contributed by atoms with Gasteiger partial charge in [0.25, 0.3) is 0 Å². The molecule has 0 aliphatic carbocycles. The molecule has 25 heavy (non-hydrogen) atoms. The van der Waals surface area contributed by atoms with Crippen molar-refractivity contribution in [1.29, 1.82) is 0 Å². The maximum atomic E-state index is 10.4. The first-order valence-electron chi connectivity index (χ1n) is 8.89. The molecule has 0 saturated heterocycles. The van der Waals surface area contributed by atoms with Crippen molar-refractivity contribution in [3.05, 3.63) is 0 Å². The molecule has 0 spiro atoms. The van der Waals surface area contributed by atoms with Crippen LogP contribution < -0.4 is 0 Å². The number of Topliss-reactive ketones (excluding diaryl/α,β-unsaturated/α-hetero) is 1. The molecule has 0 unspecified atom stereocenters. The van der Waals surface area contributed by atoms with Crippen molar-refractivity contribution in [2.24, 2.45) is 0 Å². The molecule has 0 amide bonds. The summed E-state index contributed by atoms with van der Waals surface area (Å²) < 4.78 is 4.49. The minimum atomic E-state index is -0.440. The molecule has 0 heterocycles. The van der Waals surface area contributed by atoms with E-state index in [-0.39, 0.29) is 33.9 Å². The summed E-state index contributed by atoms with van der Waals surface area (Å²) in [6.07, 6.45) is 6.01. The van der Waals surface area contributed by atoms with E-state index < -0.39 is 5.97 Å². The minimum absolute atomic E-state index is 0. The van der Waals surface area contributed by atoms with Gasteiger partial charge in [-0.2, -0.15) is 0 Å². The Hall–Kier alpha value is -0.266. The number of aliphatic hydroxyl groups is 3. The van der Waals surface area contributed by atoms with E-state index in [1.165, 1.54) is 6.92 Å². The van der Waals surface area contributed by atoms with Gasteiger partial charge in [-0.05, 0) is 33.1 Å². The van der Waals surface area contributed by atoms with Crippen molar-refractivity contribution < 1.29 is 51.4 Å². The number of rotatable bonds is 9. The van der Waals surface area contributed by atoms with Crippen molar-refractivity contribution in [3.63, 3.8) is 0 Å². The zero-order chi connectivity index (χ0) is 19.6. The van der Waals surface area contributed by atoms with E-state index in [0.29, 0.717) is 26.4 Å². The second-order valence-electron chi connectivity index (χ2n) is 4.92. The number of aliphatic hydroxyl groups excluding tert-OH is 3. The predicted molar refractivity (Wildman–Crippen MR) is 97.9 cm³/mol. The van der Waals surface area contributed by atoms with Crippen LogP contribution in [0.1, 0.15) is 79.6 Å².